The number of halogens is 1. The number of aryl methyl sites for hydroxylation is 4. The van der Waals surface area contributed by atoms with Gasteiger partial charge < -0.3 is 10.1 Å². The third-order valence-electron chi connectivity index (χ3n) is 4.26. The SMILES string of the molecule is Cc1cc(C)c(NC(=O)COc2cc(C)c(Br)c(C)c2C)c(C)c1. The summed E-state index contributed by atoms with van der Waals surface area (Å²) in [4.78, 5) is 12.3. The van der Waals surface area contributed by atoms with Gasteiger partial charge >= 0.3 is 0 Å². The van der Waals surface area contributed by atoms with E-state index in [0.29, 0.717) is 0 Å². The van der Waals surface area contributed by atoms with Gasteiger partial charge in [0.25, 0.3) is 5.91 Å². The number of hydrogen-bond donors (Lipinski definition) is 1. The lowest BCUT2D eigenvalue weighted by molar-refractivity contribution is -0.118. The summed E-state index contributed by atoms with van der Waals surface area (Å²) in [5.74, 6) is 0.600. The van der Waals surface area contributed by atoms with E-state index in [9.17, 15) is 4.79 Å². The van der Waals surface area contributed by atoms with E-state index >= 15 is 0 Å². The minimum Gasteiger partial charge on any atom is -0.483 e. The molecule has 0 aromatic heterocycles. The zero-order valence-corrected chi connectivity index (χ0v) is 16.7. The van der Waals surface area contributed by atoms with E-state index in [2.05, 4.69) is 40.3 Å². The summed E-state index contributed by atoms with van der Waals surface area (Å²) in [5.41, 5.74) is 7.46. The smallest absolute Gasteiger partial charge is 0.262 e. The number of rotatable bonds is 4. The average Bonchev–Trinajstić information content (AvgIpc) is 2.51. The normalized spacial score (nSPS) is 10.6. The van der Waals surface area contributed by atoms with Crippen molar-refractivity contribution in [3.63, 3.8) is 0 Å². The number of anilines is 1. The predicted octanol–water partition coefficient (Wildman–Crippen LogP) is 5.32. The monoisotopic (exact) mass is 389 g/mol. The highest BCUT2D eigenvalue weighted by Crippen LogP contribution is 2.31. The van der Waals surface area contributed by atoms with Crippen molar-refractivity contribution < 1.29 is 9.53 Å². The molecule has 0 bridgehead atoms. The first kappa shape index (κ1) is 18.5. The van der Waals surface area contributed by atoms with E-state index in [1.165, 1.54) is 5.56 Å². The summed E-state index contributed by atoms with van der Waals surface area (Å²) >= 11 is 3.58. The Balaban J connectivity index is 2.10. The minimum atomic E-state index is -0.150. The Morgan fingerprint density at radius 2 is 1.54 bits per heavy atom. The summed E-state index contributed by atoms with van der Waals surface area (Å²) in [7, 11) is 0. The third kappa shape index (κ3) is 3.99. The van der Waals surface area contributed by atoms with Gasteiger partial charge in [0.2, 0.25) is 0 Å². The van der Waals surface area contributed by atoms with Crippen molar-refractivity contribution in [2.75, 3.05) is 11.9 Å². The molecule has 3 nitrogen and oxygen atoms in total. The second-order valence-corrected chi connectivity index (χ2v) is 7.16. The zero-order chi connectivity index (χ0) is 18.0. The van der Waals surface area contributed by atoms with Crippen LogP contribution in [0, 0.1) is 41.5 Å². The zero-order valence-electron chi connectivity index (χ0n) is 15.1. The van der Waals surface area contributed by atoms with Crippen LogP contribution in [-0.4, -0.2) is 12.5 Å². The molecule has 24 heavy (non-hydrogen) atoms. The van der Waals surface area contributed by atoms with Gasteiger partial charge in [-0.15, -0.1) is 0 Å². The lowest BCUT2D eigenvalue weighted by Gasteiger charge is -2.16. The summed E-state index contributed by atoms with van der Waals surface area (Å²) in [6.45, 7) is 12.1. The highest BCUT2D eigenvalue weighted by atomic mass is 79.9. The molecule has 2 aromatic carbocycles. The molecule has 2 rings (SSSR count). The third-order valence-corrected chi connectivity index (χ3v) is 5.48. The van der Waals surface area contributed by atoms with Crippen molar-refractivity contribution >= 4 is 27.5 Å². The molecule has 2 aromatic rings. The lowest BCUT2D eigenvalue weighted by Crippen LogP contribution is -2.21. The fraction of sp³-hybridized carbons (Fsp3) is 0.350. The second kappa shape index (κ2) is 7.39. The van der Waals surface area contributed by atoms with Gasteiger partial charge in [-0.3, -0.25) is 4.79 Å². The summed E-state index contributed by atoms with van der Waals surface area (Å²) in [5, 5.41) is 2.96. The van der Waals surface area contributed by atoms with Crippen LogP contribution in [0.4, 0.5) is 5.69 Å². The van der Waals surface area contributed by atoms with Crippen LogP contribution in [0.5, 0.6) is 5.75 Å². The summed E-state index contributed by atoms with van der Waals surface area (Å²) < 4.78 is 6.84. The minimum absolute atomic E-state index is 0.00584. The van der Waals surface area contributed by atoms with Gasteiger partial charge in [0, 0.05) is 10.2 Å². The maximum Gasteiger partial charge on any atom is 0.262 e. The van der Waals surface area contributed by atoms with Crippen molar-refractivity contribution in [2.45, 2.75) is 41.5 Å². The van der Waals surface area contributed by atoms with Gasteiger partial charge in [-0.1, -0.05) is 33.6 Å². The van der Waals surface area contributed by atoms with E-state index in [1.807, 2.05) is 40.7 Å². The molecule has 0 radical (unpaired) electrons. The maximum absolute atomic E-state index is 12.3. The topological polar surface area (TPSA) is 38.3 Å². The molecular formula is C20H24BrNO2. The van der Waals surface area contributed by atoms with Crippen LogP contribution in [0.3, 0.4) is 0 Å². The second-order valence-electron chi connectivity index (χ2n) is 6.37. The largest absolute Gasteiger partial charge is 0.483 e. The van der Waals surface area contributed by atoms with Crippen LogP contribution < -0.4 is 10.1 Å². The van der Waals surface area contributed by atoms with Crippen LogP contribution >= 0.6 is 15.9 Å². The highest BCUT2D eigenvalue weighted by molar-refractivity contribution is 9.10. The quantitative estimate of drug-likeness (QED) is 0.768. The molecule has 0 heterocycles. The Morgan fingerprint density at radius 1 is 0.958 bits per heavy atom. The summed E-state index contributed by atoms with van der Waals surface area (Å²) in [6.07, 6.45) is 0. The molecule has 0 aliphatic rings. The Labute approximate surface area is 152 Å². The molecule has 0 spiro atoms. The number of nitrogens with one attached hydrogen (secondary N) is 1. The van der Waals surface area contributed by atoms with E-state index in [4.69, 9.17) is 4.74 Å². The van der Waals surface area contributed by atoms with Gasteiger partial charge in [-0.25, -0.2) is 0 Å². The van der Waals surface area contributed by atoms with Crippen molar-refractivity contribution in [3.05, 3.63) is 56.1 Å². The van der Waals surface area contributed by atoms with Gasteiger partial charge in [-0.05, 0) is 75.4 Å². The first-order chi connectivity index (χ1) is 11.2. The Morgan fingerprint density at radius 3 is 2.12 bits per heavy atom. The number of carbonyl (C=O) groups is 1. The van der Waals surface area contributed by atoms with E-state index < -0.39 is 0 Å². The Hall–Kier alpha value is -1.81. The molecule has 0 fully saturated rings. The van der Waals surface area contributed by atoms with E-state index in [1.54, 1.807) is 0 Å². The van der Waals surface area contributed by atoms with Crippen LogP contribution in [-0.2, 0) is 4.79 Å². The number of ether oxygens (including phenoxy) is 1. The molecule has 0 aliphatic heterocycles. The van der Waals surface area contributed by atoms with Gasteiger partial charge in [0.05, 0.1) is 0 Å². The number of carbonyl (C=O) groups excluding carboxylic acids is 1. The molecule has 0 atom stereocenters. The first-order valence-corrected chi connectivity index (χ1v) is 8.76. The molecular weight excluding hydrogens is 366 g/mol. The fourth-order valence-electron chi connectivity index (χ4n) is 2.86. The molecule has 128 valence electrons. The summed E-state index contributed by atoms with van der Waals surface area (Å²) in [6, 6.07) is 6.09. The molecule has 0 aliphatic carbocycles. The van der Waals surface area contributed by atoms with E-state index in [-0.39, 0.29) is 12.5 Å². The van der Waals surface area contributed by atoms with Crippen LogP contribution in [0.2, 0.25) is 0 Å². The van der Waals surface area contributed by atoms with Crippen LogP contribution in [0.25, 0.3) is 0 Å². The van der Waals surface area contributed by atoms with Crippen molar-refractivity contribution in [3.8, 4) is 5.75 Å². The fourth-order valence-corrected chi connectivity index (χ4v) is 3.27. The first-order valence-electron chi connectivity index (χ1n) is 7.97. The standard InChI is InChI=1S/C20H24BrNO2/c1-11-7-13(3)20(14(4)8-11)22-18(23)10-24-17-9-12(2)19(21)16(6)15(17)5/h7-9H,10H2,1-6H3,(H,22,23). The molecule has 0 saturated heterocycles. The van der Waals surface area contributed by atoms with Crippen molar-refractivity contribution in [1.29, 1.82) is 0 Å². The average molecular weight is 390 g/mol. The highest BCUT2D eigenvalue weighted by Gasteiger charge is 2.12. The van der Waals surface area contributed by atoms with Crippen LogP contribution in [0.1, 0.15) is 33.4 Å². The van der Waals surface area contributed by atoms with Crippen molar-refractivity contribution in [2.24, 2.45) is 0 Å². The van der Waals surface area contributed by atoms with Crippen molar-refractivity contribution in [1.82, 2.24) is 0 Å². The lowest BCUT2D eigenvalue weighted by atomic mass is 10.1. The maximum atomic E-state index is 12.3. The molecule has 4 heteroatoms. The molecule has 1 amide bonds. The Bertz CT molecular complexity index is 774. The molecule has 0 unspecified atom stereocenters. The van der Waals surface area contributed by atoms with Gasteiger partial charge in [0.1, 0.15) is 5.75 Å². The van der Waals surface area contributed by atoms with Gasteiger partial charge in [-0.2, -0.15) is 0 Å². The number of benzene rings is 2. The van der Waals surface area contributed by atoms with Gasteiger partial charge in [0.15, 0.2) is 6.61 Å². The van der Waals surface area contributed by atoms with Crippen LogP contribution in [0.15, 0.2) is 22.7 Å². The predicted molar refractivity (Wildman–Crippen MR) is 103 cm³/mol. The number of hydrogen-bond acceptors (Lipinski definition) is 2. The Kier molecular flexibility index (Phi) is 5.70. The number of amides is 1. The molecule has 0 saturated carbocycles. The van der Waals surface area contributed by atoms with E-state index in [0.717, 1.165) is 43.7 Å². The molecule has 1 N–H and O–H groups in total.